The van der Waals surface area contributed by atoms with Crippen molar-refractivity contribution in [1.29, 1.82) is 0 Å². The van der Waals surface area contributed by atoms with Gasteiger partial charge < -0.3 is 10.2 Å². The summed E-state index contributed by atoms with van der Waals surface area (Å²) < 4.78 is 0. The third-order valence-corrected chi connectivity index (χ3v) is 4.12. The molecule has 116 valence electrons. The van der Waals surface area contributed by atoms with Crippen molar-refractivity contribution in [2.24, 2.45) is 0 Å². The lowest BCUT2D eigenvalue weighted by atomic mass is 10.1. The van der Waals surface area contributed by atoms with Crippen molar-refractivity contribution < 1.29 is 4.79 Å². The van der Waals surface area contributed by atoms with Gasteiger partial charge in [0.05, 0.1) is 6.54 Å². The van der Waals surface area contributed by atoms with E-state index >= 15 is 0 Å². The number of carbonyl (C=O) groups excluding carboxylic acids is 1. The first-order chi connectivity index (χ1) is 10.1. The Labute approximate surface area is 128 Å². The highest BCUT2D eigenvalue weighted by Crippen LogP contribution is 2.11. The fourth-order valence-electron chi connectivity index (χ4n) is 2.72. The van der Waals surface area contributed by atoms with E-state index in [0.717, 1.165) is 19.6 Å². The Kier molecular flexibility index (Phi) is 5.76. The van der Waals surface area contributed by atoms with E-state index in [-0.39, 0.29) is 11.9 Å². The van der Waals surface area contributed by atoms with Gasteiger partial charge in [0.1, 0.15) is 0 Å². The molecule has 0 radical (unpaired) electrons. The van der Waals surface area contributed by atoms with Crippen LogP contribution in [0.5, 0.6) is 0 Å². The molecule has 1 atom stereocenters. The van der Waals surface area contributed by atoms with Crippen molar-refractivity contribution in [3.8, 4) is 0 Å². The van der Waals surface area contributed by atoms with E-state index in [1.807, 2.05) is 23.1 Å². The number of piperazine rings is 1. The van der Waals surface area contributed by atoms with Crippen molar-refractivity contribution in [2.45, 2.75) is 39.4 Å². The Hall–Kier alpha value is -1.39. The molecule has 4 heteroatoms. The highest BCUT2D eigenvalue weighted by Gasteiger charge is 2.24. The molecule has 21 heavy (non-hydrogen) atoms. The van der Waals surface area contributed by atoms with Crippen LogP contribution in [-0.2, 0) is 11.3 Å². The van der Waals surface area contributed by atoms with Gasteiger partial charge in [-0.3, -0.25) is 9.69 Å². The summed E-state index contributed by atoms with van der Waals surface area (Å²) in [5.41, 5.74) is 1.19. The van der Waals surface area contributed by atoms with Gasteiger partial charge in [0.25, 0.3) is 0 Å². The minimum absolute atomic E-state index is 0.218. The number of hydrogen-bond donors (Lipinski definition) is 1. The molecule has 2 rings (SSSR count). The first-order valence-electron chi connectivity index (χ1n) is 7.86. The molecule has 1 saturated heterocycles. The minimum atomic E-state index is 0.218. The van der Waals surface area contributed by atoms with E-state index in [4.69, 9.17) is 0 Å². The van der Waals surface area contributed by atoms with Crippen molar-refractivity contribution in [2.75, 3.05) is 26.2 Å². The third-order valence-electron chi connectivity index (χ3n) is 4.12. The number of hydrogen-bond acceptors (Lipinski definition) is 3. The maximum absolute atomic E-state index is 12.7. The maximum atomic E-state index is 12.7. The molecule has 1 fully saturated rings. The maximum Gasteiger partial charge on any atom is 0.237 e. The first-order valence-corrected chi connectivity index (χ1v) is 7.86. The molecule has 1 N–H and O–H groups in total. The number of carbonyl (C=O) groups is 1. The number of benzene rings is 1. The summed E-state index contributed by atoms with van der Waals surface area (Å²) in [4.78, 5) is 16.9. The molecule has 1 aromatic rings. The van der Waals surface area contributed by atoms with Crippen LogP contribution in [0.25, 0.3) is 0 Å². The van der Waals surface area contributed by atoms with Crippen LogP contribution in [0.2, 0.25) is 0 Å². The lowest BCUT2D eigenvalue weighted by Crippen LogP contribution is -2.53. The Morgan fingerprint density at radius 3 is 2.71 bits per heavy atom. The molecule has 0 saturated carbocycles. The van der Waals surface area contributed by atoms with Gasteiger partial charge in [-0.1, -0.05) is 30.3 Å². The Morgan fingerprint density at radius 1 is 1.38 bits per heavy atom. The summed E-state index contributed by atoms with van der Waals surface area (Å²) in [5, 5.41) is 3.36. The number of amides is 1. The van der Waals surface area contributed by atoms with Crippen LogP contribution in [0, 0.1) is 0 Å². The van der Waals surface area contributed by atoms with Gasteiger partial charge in [-0.2, -0.15) is 0 Å². The van der Waals surface area contributed by atoms with Crippen LogP contribution in [-0.4, -0.2) is 54.0 Å². The first kappa shape index (κ1) is 16.0. The van der Waals surface area contributed by atoms with Crippen molar-refractivity contribution in [3.63, 3.8) is 0 Å². The fourth-order valence-corrected chi connectivity index (χ4v) is 2.72. The highest BCUT2D eigenvalue weighted by atomic mass is 16.2. The van der Waals surface area contributed by atoms with Gasteiger partial charge in [-0.15, -0.1) is 0 Å². The van der Waals surface area contributed by atoms with Gasteiger partial charge >= 0.3 is 0 Å². The van der Waals surface area contributed by atoms with E-state index in [1.165, 1.54) is 5.56 Å². The largest absolute Gasteiger partial charge is 0.335 e. The summed E-state index contributed by atoms with van der Waals surface area (Å²) in [6.07, 6.45) is 0. The predicted molar refractivity (Wildman–Crippen MR) is 86.0 cm³/mol. The summed E-state index contributed by atoms with van der Waals surface area (Å²) in [7, 11) is 0. The summed E-state index contributed by atoms with van der Waals surface area (Å²) >= 11 is 0. The van der Waals surface area contributed by atoms with E-state index in [0.29, 0.717) is 19.1 Å². The summed E-state index contributed by atoms with van der Waals surface area (Å²) in [5.74, 6) is 0.225. The number of nitrogens with zero attached hydrogens (tertiary/aromatic N) is 2. The topological polar surface area (TPSA) is 35.6 Å². The fraction of sp³-hybridized carbons (Fsp3) is 0.588. The van der Waals surface area contributed by atoms with E-state index in [1.54, 1.807) is 0 Å². The Morgan fingerprint density at radius 2 is 2.10 bits per heavy atom. The average molecular weight is 289 g/mol. The normalized spacial score (nSPS) is 19.7. The second kappa shape index (κ2) is 7.57. The molecule has 1 aliphatic rings. The van der Waals surface area contributed by atoms with E-state index < -0.39 is 0 Å². The Balaban J connectivity index is 1.98. The van der Waals surface area contributed by atoms with Gasteiger partial charge in [0.15, 0.2) is 0 Å². The van der Waals surface area contributed by atoms with Crippen LogP contribution in [0.1, 0.15) is 26.3 Å². The highest BCUT2D eigenvalue weighted by molar-refractivity contribution is 5.78. The lowest BCUT2D eigenvalue weighted by molar-refractivity contribution is -0.135. The average Bonchev–Trinajstić information content (AvgIpc) is 2.48. The molecular formula is C17H27N3O. The van der Waals surface area contributed by atoms with Crippen LogP contribution in [0.4, 0.5) is 0 Å². The predicted octanol–water partition coefficient (Wildman–Crippen LogP) is 1.72. The second-order valence-electron chi connectivity index (χ2n) is 6.12. The van der Waals surface area contributed by atoms with Gasteiger partial charge in [-0.25, -0.2) is 0 Å². The van der Waals surface area contributed by atoms with Gasteiger partial charge in [0, 0.05) is 38.3 Å². The molecule has 0 aromatic heterocycles. The van der Waals surface area contributed by atoms with Crippen LogP contribution in [0.15, 0.2) is 30.3 Å². The SMILES string of the molecule is CC(C)N(Cc1ccccc1)C(=O)CN1CCNC[C@@H]1C. The molecular weight excluding hydrogens is 262 g/mol. The van der Waals surface area contributed by atoms with Crippen molar-refractivity contribution in [3.05, 3.63) is 35.9 Å². The quantitative estimate of drug-likeness (QED) is 0.896. The molecule has 1 aromatic carbocycles. The van der Waals surface area contributed by atoms with Gasteiger partial charge in [0.2, 0.25) is 5.91 Å². The third kappa shape index (κ3) is 4.55. The minimum Gasteiger partial charge on any atom is -0.335 e. The van der Waals surface area contributed by atoms with Crippen LogP contribution in [0.3, 0.4) is 0 Å². The monoisotopic (exact) mass is 289 g/mol. The molecule has 1 aliphatic heterocycles. The molecule has 1 amide bonds. The molecule has 0 unspecified atom stereocenters. The molecule has 0 aliphatic carbocycles. The van der Waals surface area contributed by atoms with Crippen LogP contribution < -0.4 is 5.32 Å². The smallest absolute Gasteiger partial charge is 0.237 e. The number of nitrogens with one attached hydrogen (secondary N) is 1. The zero-order valence-electron chi connectivity index (χ0n) is 13.4. The number of rotatable bonds is 5. The van der Waals surface area contributed by atoms with Gasteiger partial charge in [-0.05, 0) is 26.3 Å². The standard InChI is InChI=1S/C17H27N3O/c1-14(2)20(12-16-7-5-4-6-8-16)17(21)13-19-10-9-18-11-15(19)3/h4-8,14-15,18H,9-13H2,1-3H3/t15-/m0/s1. The van der Waals surface area contributed by atoms with Crippen LogP contribution >= 0.6 is 0 Å². The molecule has 0 spiro atoms. The summed E-state index contributed by atoms with van der Waals surface area (Å²) in [6, 6.07) is 10.9. The van der Waals surface area contributed by atoms with Crippen molar-refractivity contribution in [1.82, 2.24) is 15.1 Å². The summed E-state index contributed by atoms with van der Waals surface area (Å²) in [6.45, 7) is 10.4. The van der Waals surface area contributed by atoms with E-state index in [9.17, 15) is 4.79 Å². The lowest BCUT2D eigenvalue weighted by Gasteiger charge is -2.36. The van der Waals surface area contributed by atoms with E-state index in [2.05, 4.69) is 43.1 Å². The molecule has 0 bridgehead atoms. The second-order valence-corrected chi connectivity index (χ2v) is 6.12. The molecule has 1 heterocycles. The molecule has 4 nitrogen and oxygen atoms in total. The Bertz CT molecular complexity index is 447. The zero-order chi connectivity index (χ0) is 15.2. The van der Waals surface area contributed by atoms with Crippen molar-refractivity contribution >= 4 is 5.91 Å². The zero-order valence-corrected chi connectivity index (χ0v) is 13.4.